The van der Waals surface area contributed by atoms with Gasteiger partial charge in [0.25, 0.3) is 0 Å². The fraction of sp³-hybridized carbons (Fsp3) is 0. The first-order chi connectivity index (χ1) is 6.90. The molecule has 0 spiro atoms. The molecular weight excluding hydrogens is 174 g/mol. The van der Waals surface area contributed by atoms with Crippen molar-refractivity contribution >= 4 is 22.9 Å². The van der Waals surface area contributed by atoms with Crippen molar-refractivity contribution in [2.24, 2.45) is 0 Å². The zero-order valence-corrected chi connectivity index (χ0v) is 7.53. The van der Waals surface area contributed by atoms with Gasteiger partial charge >= 0.3 is 0 Å². The Bertz CT molecular complexity index is 483. The molecule has 68 valence electrons. The Kier molecular flexibility index (Phi) is 2.30. The van der Waals surface area contributed by atoms with Gasteiger partial charge in [-0.05, 0) is 29.7 Å². The van der Waals surface area contributed by atoms with Crippen LogP contribution in [0.2, 0.25) is 0 Å². The molecule has 14 heavy (non-hydrogen) atoms. The molecule has 0 aliphatic heterocycles. The van der Waals surface area contributed by atoms with Gasteiger partial charge in [0.05, 0.1) is 0 Å². The highest BCUT2D eigenvalue weighted by Crippen LogP contribution is 2.15. The number of hydrogen-bond donors (Lipinski definition) is 1. The van der Waals surface area contributed by atoms with Crippen LogP contribution < -0.4 is 0 Å². The first kappa shape index (κ1) is 8.54. The van der Waals surface area contributed by atoms with Crippen molar-refractivity contribution in [2.45, 2.75) is 0 Å². The van der Waals surface area contributed by atoms with Crippen molar-refractivity contribution < 1.29 is 4.79 Å². The molecule has 2 nitrogen and oxygen atoms in total. The number of allylic oxidation sites excluding steroid dienone is 2. The number of rotatable bonds is 2. The maximum absolute atomic E-state index is 9.93. The van der Waals surface area contributed by atoms with E-state index in [0.717, 1.165) is 11.2 Å². The van der Waals surface area contributed by atoms with Crippen LogP contribution in [-0.4, -0.2) is 10.9 Å². The molecule has 0 unspecified atom stereocenters. The highest BCUT2D eigenvalue weighted by atomic mass is 16.1. The SMILES string of the molecule is O=C=C/C=C/c1cc2ccccc2[nH]1. The third-order valence-corrected chi connectivity index (χ3v) is 1.99. The largest absolute Gasteiger partial charge is 0.355 e. The average Bonchev–Trinajstić information content (AvgIpc) is 2.60. The van der Waals surface area contributed by atoms with Gasteiger partial charge in [-0.3, -0.25) is 0 Å². The van der Waals surface area contributed by atoms with Crippen LogP contribution in [-0.2, 0) is 4.79 Å². The van der Waals surface area contributed by atoms with Crippen molar-refractivity contribution in [3.05, 3.63) is 48.2 Å². The summed E-state index contributed by atoms with van der Waals surface area (Å²) in [5.41, 5.74) is 2.08. The van der Waals surface area contributed by atoms with Crippen LogP contribution in [0, 0.1) is 0 Å². The monoisotopic (exact) mass is 183 g/mol. The first-order valence-electron chi connectivity index (χ1n) is 4.35. The van der Waals surface area contributed by atoms with Crippen LogP contribution in [0.15, 0.2) is 42.5 Å². The molecule has 0 fully saturated rings. The quantitative estimate of drug-likeness (QED) is 0.563. The fourth-order valence-corrected chi connectivity index (χ4v) is 1.38. The summed E-state index contributed by atoms with van der Waals surface area (Å²) in [5, 5.41) is 1.17. The Morgan fingerprint density at radius 2 is 2.14 bits per heavy atom. The second-order valence-corrected chi connectivity index (χ2v) is 2.96. The minimum atomic E-state index is 0.984. The summed E-state index contributed by atoms with van der Waals surface area (Å²) < 4.78 is 0. The lowest BCUT2D eigenvalue weighted by Gasteiger charge is -1.84. The highest BCUT2D eigenvalue weighted by Gasteiger charge is 1.94. The van der Waals surface area contributed by atoms with Crippen molar-refractivity contribution in [2.75, 3.05) is 0 Å². The van der Waals surface area contributed by atoms with Gasteiger partial charge in [0.15, 0.2) is 0 Å². The number of benzene rings is 1. The lowest BCUT2D eigenvalue weighted by Crippen LogP contribution is -1.67. The molecule has 1 N–H and O–H groups in total. The molecule has 0 aliphatic carbocycles. The Balaban J connectivity index is 2.40. The molecule has 0 saturated heterocycles. The van der Waals surface area contributed by atoms with E-state index in [0.29, 0.717) is 0 Å². The molecule has 0 saturated carbocycles. The van der Waals surface area contributed by atoms with E-state index in [1.54, 1.807) is 12.0 Å². The maximum atomic E-state index is 9.93. The highest BCUT2D eigenvalue weighted by molar-refractivity contribution is 5.82. The number of aromatic amines is 1. The summed E-state index contributed by atoms with van der Waals surface area (Å²) in [6.07, 6.45) is 4.84. The van der Waals surface area contributed by atoms with Gasteiger partial charge in [0, 0.05) is 17.3 Å². The van der Waals surface area contributed by atoms with Crippen LogP contribution in [0.5, 0.6) is 0 Å². The van der Waals surface area contributed by atoms with Crippen molar-refractivity contribution in [3.8, 4) is 0 Å². The standard InChI is InChI=1S/C12H9NO/c14-8-4-3-6-11-9-10-5-1-2-7-12(10)13-11/h1-7,9,13H/b6-3+. The van der Waals surface area contributed by atoms with Gasteiger partial charge in [-0.15, -0.1) is 0 Å². The van der Waals surface area contributed by atoms with Gasteiger partial charge in [0.1, 0.15) is 5.94 Å². The number of nitrogens with one attached hydrogen (secondary N) is 1. The third kappa shape index (κ3) is 1.65. The molecular formula is C12H9NO. The lowest BCUT2D eigenvalue weighted by atomic mass is 10.2. The number of aromatic nitrogens is 1. The normalized spacial score (nSPS) is 10.6. The summed E-state index contributed by atoms with van der Waals surface area (Å²) in [6.45, 7) is 0. The minimum absolute atomic E-state index is 0.984. The molecule has 1 aromatic carbocycles. The number of carbonyl (C=O) groups excluding carboxylic acids is 1. The molecule has 1 aromatic heterocycles. The second-order valence-electron chi connectivity index (χ2n) is 2.96. The summed E-state index contributed by atoms with van der Waals surface area (Å²) in [4.78, 5) is 13.1. The second kappa shape index (κ2) is 3.77. The van der Waals surface area contributed by atoms with Crippen LogP contribution in [0.3, 0.4) is 0 Å². The number of hydrogen-bond acceptors (Lipinski definition) is 1. The summed E-state index contributed by atoms with van der Waals surface area (Å²) in [7, 11) is 0. The zero-order valence-electron chi connectivity index (χ0n) is 7.53. The van der Waals surface area contributed by atoms with Gasteiger partial charge in [0.2, 0.25) is 0 Å². The van der Waals surface area contributed by atoms with Crippen molar-refractivity contribution in [1.29, 1.82) is 0 Å². The van der Waals surface area contributed by atoms with Gasteiger partial charge in [-0.2, -0.15) is 0 Å². The predicted octanol–water partition coefficient (Wildman–Crippen LogP) is 2.57. The zero-order chi connectivity index (χ0) is 9.80. The van der Waals surface area contributed by atoms with Crippen LogP contribution in [0.4, 0.5) is 0 Å². The smallest absolute Gasteiger partial charge is 0.124 e. The van der Waals surface area contributed by atoms with Crippen LogP contribution in [0.25, 0.3) is 17.0 Å². The molecule has 2 rings (SSSR count). The maximum Gasteiger partial charge on any atom is 0.124 e. The van der Waals surface area contributed by atoms with E-state index in [2.05, 4.69) is 4.98 Å². The Morgan fingerprint density at radius 3 is 2.93 bits per heavy atom. The summed E-state index contributed by atoms with van der Waals surface area (Å²) >= 11 is 0. The molecule has 0 aliphatic rings. The Morgan fingerprint density at radius 1 is 1.29 bits per heavy atom. The van der Waals surface area contributed by atoms with E-state index < -0.39 is 0 Å². The van der Waals surface area contributed by atoms with Gasteiger partial charge in [-0.25, -0.2) is 4.79 Å². The number of para-hydroxylation sites is 1. The molecule has 1 heterocycles. The first-order valence-corrected chi connectivity index (χ1v) is 4.35. The molecule has 0 radical (unpaired) electrons. The molecule has 0 atom stereocenters. The lowest BCUT2D eigenvalue weighted by molar-refractivity contribution is 0.569. The van der Waals surface area contributed by atoms with E-state index in [1.165, 1.54) is 11.5 Å². The van der Waals surface area contributed by atoms with Crippen molar-refractivity contribution in [3.63, 3.8) is 0 Å². The van der Waals surface area contributed by atoms with E-state index in [9.17, 15) is 4.79 Å². The fourth-order valence-electron chi connectivity index (χ4n) is 1.38. The van der Waals surface area contributed by atoms with Gasteiger partial charge in [-0.1, -0.05) is 18.2 Å². The summed E-state index contributed by atoms with van der Waals surface area (Å²) in [6, 6.07) is 10.1. The van der Waals surface area contributed by atoms with Gasteiger partial charge < -0.3 is 4.98 Å². The molecule has 0 amide bonds. The van der Waals surface area contributed by atoms with E-state index in [4.69, 9.17) is 0 Å². The van der Waals surface area contributed by atoms with E-state index in [1.807, 2.05) is 36.4 Å². The van der Waals surface area contributed by atoms with Crippen LogP contribution >= 0.6 is 0 Å². The van der Waals surface area contributed by atoms with E-state index >= 15 is 0 Å². The average molecular weight is 183 g/mol. The van der Waals surface area contributed by atoms with E-state index in [-0.39, 0.29) is 0 Å². The molecule has 2 heteroatoms. The predicted molar refractivity (Wildman–Crippen MR) is 57.6 cm³/mol. The number of H-pyrrole nitrogens is 1. The summed E-state index contributed by atoms with van der Waals surface area (Å²) in [5.74, 6) is 1.70. The topological polar surface area (TPSA) is 32.9 Å². The minimum Gasteiger partial charge on any atom is -0.355 e. The number of fused-ring (bicyclic) bond motifs is 1. The van der Waals surface area contributed by atoms with Crippen molar-refractivity contribution in [1.82, 2.24) is 4.98 Å². The third-order valence-electron chi connectivity index (χ3n) is 1.99. The van der Waals surface area contributed by atoms with Crippen LogP contribution in [0.1, 0.15) is 5.69 Å². The molecule has 0 bridgehead atoms. The molecule has 2 aromatic rings. The Labute approximate surface area is 81.6 Å². The Hall–Kier alpha value is -2.05.